The lowest BCUT2D eigenvalue weighted by atomic mass is 9.96. The number of aromatic nitrogens is 4. The monoisotopic (exact) mass is 341 g/mol. The van der Waals surface area contributed by atoms with Crippen molar-refractivity contribution in [1.82, 2.24) is 20.2 Å². The molecule has 5 rings (SSSR count). The van der Waals surface area contributed by atoms with Crippen molar-refractivity contribution in [1.29, 1.82) is 0 Å². The number of para-hydroxylation sites is 1. The first-order valence-electron chi connectivity index (χ1n) is 9.04. The topological polar surface area (TPSA) is 66.5 Å². The maximum Gasteiger partial charge on any atom is 0.161 e. The van der Waals surface area contributed by atoms with Crippen LogP contribution in [0.5, 0.6) is 0 Å². The number of hydrogen-bond acceptors (Lipinski definition) is 4. The third-order valence-corrected chi connectivity index (χ3v) is 4.92. The first-order valence-corrected chi connectivity index (χ1v) is 9.04. The first-order chi connectivity index (χ1) is 12.9. The van der Waals surface area contributed by atoms with Crippen LogP contribution in [-0.4, -0.2) is 20.2 Å². The molecule has 4 aromatic rings. The van der Waals surface area contributed by atoms with Crippen LogP contribution >= 0.6 is 0 Å². The number of rotatable bonds is 3. The lowest BCUT2D eigenvalue weighted by Crippen LogP contribution is -2.12. The van der Waals surface area contributed by atoms with Crippen LogP contribution in [0.4, 0.5) is 11.6 Å². The van der Waals surface area contributed by atoms with Crippen molar-refractivity contribution < 1.29 is 0 Å². The van der Waals surface area contributed by atoms with E-state index in [9.17, 15) is 0 Å². The highest BCUT2D eigenvalue weighted by Gasteiger charge is 2.19. The van der Waals surface area contributed by atoms with Crippen LogP contribution in [0.15, 0.2) is 54.6 Å². The molecular formula is C21H19N5. The second-order valence-electron chi connectivity index (χ2n) is 6.64. The van der Waals surface area contributed by atoms with Crippen molar-refractivity contribution in [2.45, 2.75) is 25.7 Å². The summed E-state index contributed by atoms with van der Waals surface area (Å²) in [7, 11) is 0. The molecule has 2 N–H and O–H groups in total. The number of nitrogens with one attached hydrogen (secondary N) is 2. The SMILES string of the molecule is c1ccc(-c2nc3c(c(Nc4n[nH]c5ccccc45)n2)CCCC3)cc1. The van der Waals surface area contributed by atoms with Gasteiger partial charge in [-0.2, -0.15) is 5.10 Å². The Hall–Kier alpha value is -3.21. The number of benzene rings is 2. The minimum atomic E-state index is 0.772. The Morgan fingerprint density at radius 3 is 2.54 bits per heavy atom. The van der Waals surface area contributed by atoms with Crippen molar-refractivity contribution in [3.8, 4) is 11.4 Å². The van der Waals surface area contributed by atoms with Gasteiger partial charge in [-0.25, -0.2) is 9.97 Å². The third kappa shape index (κ3) is 2.62. The molecule has 2 aromatic carbocycles. The number of hydrogen-bond donors (Lipinski definition) is 2. The van der Waals surface area contributed by atoms with Crippen LogP contribution < -0.4 is 5.32 Å². The quantitative estimate of drug-likeness (QED) is 0.569. The average Bonchev–Trinajstić information content (AvgIpc) is 3.11. The van der Waals surface area contributed by atoms with Crippen LogP contribution in [0.1, 0.15) is 24.1 Å². The number of aryl methyl sites for hydroxylation is 1. The molecule has 0 aliphatic heterocycles. The molecular weight excluding hydrogens is 322 g/mol. The normalized spacial score (nSPS) is 13.5. The van der Waals surface area contributed by atoms with E-state index in [1.165, 1.54) is 18.4 Å². The van der Waals surface area contributed by atoms with E-state index in [1.807, 2.05) is 36.4 Å². The van der Waals surface area contributed by atoms with Gasteiger partial charge in [0, 0.05) is 22.2 Å². The van der Waals surface area contributed by atoms with Gasteiger partial charge in [-0.3, -0.25) is 5.10 Å². The van der Waals surface area contributed by atoms with Gasteiger partial charge in [0.05, 0.1) is 5.52 Å². The van der Waals surface area contributed by atoms with Crippen LogP contribution in [0.3, 0.4) is 0 Å². The Morgan fingerprint density at radius 2 is 1.62 bits per heavy atom. The Kier molecular flexibility index (Phi) is 3.63. The van der Waals surface area contributed by atoms with Gasteiger partial charge in [-0.05, 0) is 37.8 Å². The molecule has 2 aromatic heterocycles. The molecule has 0 atom stereocenters. The maximum absolute atomic E-state index is 4.86. The van der Waals surface area contributed by atoms with Gasteiger partial charge < -0.3 is 5.32 Å². The van der Waals surface area contributed by atoms with E-state index in [2.05, 4.69) is 33.7 Å². The molecule has 2 heterocycles. The number of aromatic amines is 1. The molecule has 26 heavy (non-hydrogen) atoms. The third-order valence-electron chi connectivity index (χ3n) is 4.92. The highest BCUT2D eigenvalue weighted by molar-refractivity contribution is 5.91. The lowest BCUT2D eigenvalue weighted by Gasteiger charge is -2.19. The molecule has 0 saturated carbocycles. The van der Waals surface area contributed by atoms with Crippen molar-refractivity contribution in [2.75, 3.05) is 5.32 Å². The number of nitrogens with zero attached hydrogens (tertiary/aromatic N) is 3. The summed E-state index contributed by atoms with van der Waals surface area (Å²) < 4.78 is 0. The molecule has 0 bridgehead atoms. The van der Waals surface area contributed by atoms with Gasteiger partial charge in [0.2, 0.25) is 0 Å². The zero-order chi connectivity index (χ0) is 17.3. The highest BCUT2D eigenvalue weighted by Crippen LogP contribution is 2.31. The summed E-state index contributed by atoms with van der Waals surface area (Å²) in [6.07, 6.45) is 4.38. The second kappa shape index (κ2) is 6.26. The number of anilines is 2. The summed E-state index contributed by atoms with van der Waals surface area (Å²) in [5.74, 6) is 2.46. The fourth-order valence-electron chi connectivity index (χ4n) is 3.58. The smallest absolute Gasteiger partial charge is 0.161 e. The van der Waals surface area contributed by atoms with E-state index in [1.54, 1.807) is 0 Å². The van der Waals surface area contributed by atoms with Crippen molar-refractivity contribution in [3.05, 3.63) is 65.9 Å². The van der Waals surface area contributed by atoms with Gasteiger partial charge in [-0.15, -0.1) is 0 Å². The number of H-pyrrole nitrogens is 1. The Balaban J connectivity index is 1.63. The summed E-state index contributed by atoms with van der Waals surface area (Å²) >= 11 is 0. The molecule has 5 heteroatoms. The minimum absolute atomic E-state index is 0.772. The predicted molar refractivity (Wildman–Crippen MR) is 103 cm³/mol. The predicted octanol–water partition coefficient (Wildman–Crippen LogP) is 4.64. The molecule has 0 radical (unpaired) electrons. The second-order valence-corrected chi connectivity index (χ2v) is 6.64. The molecule has 5 nitrogen and oxygen atoms in total. The van der Waals surface area contributed by atoms with E-state index in [0.29, 0.717) is 0 Å². The first kappa shape index (κ1) is 15.1. The zero-order valence-corrected chi connectivity index (χ0v) is 14.4. The van der Waals surface area contributed by atoms with Crippen molar-refractivity contribution >= 4 is 22.5 Å². The number of fused-ring (bicyclic) bond motifs is 2. The van der Waals surface area contributed by atoms with E-state index in [4.69, 9.17) is 9.97 Å². The molecule has 128 valence electrons. The Morgan fingerprint density at radius 1 is 0.808 bits per heavy atom. The molecule has 0 amide bonds. The van der Waals surface area contributed by atoms with Gasteiger partial charge in [0.25, 0.3) is 0 Å². The molecule has 0 fully saturated rings. The van der Waals surface area contributed by atoms with Gasteiger partial charge in [-0.1, -0.05) is 42.5 Å². The average molecular weight is 341 g/mol. The van der Waals surface area contributed by atoms with Gasteiger partial charge in [0.1, 0.15) is 5.82 Å². The molecule has 1 aliphatic carbocycles. The minimum Gasteiger partial charge on any atom is -0.323 e. The summed E-state index contributed by atoms with van der Waals surface area (Å²) in [4.78, 5) is 9.72. The van der Waals surface area contributed by atoms with E-state index in [0.717, 1.165) is 52.5 Å². The summed E-state index contributed by atoms with van der Waals surface area (Å²) in [5.41, 5.74) is 4.44. The van der Waals surface area contributed by atoms with Crippen molar-refractivity contribution in [2.24, 2.45) is 0 Å². The van der Waals surface area contributed by atoms with Crippen LogP contribution in [0.2, 0.25) is 0 Å². The van der Waals surface area contributed by atoms with Crippen LogP contribution in [0, 0.1) is 0 Å². The molecule has 1 aliphatic rings. The molecule has 0 unspecified atom stereocenters. The van der Waals surface area contributed by atoms with E-state index in [-0.39, 0.29) is 0 Å². The molecule has 0 saturated heterocycles. The standard InChI is InChI=1S/C21H19N5/c1-2-8-14(9-3-1)19-22-17-12-6-4-10-15(17)20(23-19)24-21-16-11-5-7-13-18(16)25-26-21/h1-3,5,7-9,11,13H,4,6,10,12H2,(H2,22,23,24,25,26). The van der Waals surface area contributed by atoms with Gasteiger partial charge >= 0.3 is 0 Å². The largest absolute Gasteiger partial charge is 0.323 e. The Labute approximate surface area is 151 Å². The van der Waals surface area contributed by atoms with E-state index >= 15 is 0 Å². The molecule has 0 spiro atoms. The summed E-state index contributed by atoms with van der Waals surface area (Å²) in [6, 6.07) is 18.3. The Bertz CT molecular complexity index is 1070. The summed E-state index contributed by atoms with van der Waals surface area (Å²) in [6.45, 7) is 0. The fourth-order valence-corrected chi connectivity index (χ4v) is 3.58. The van der Waals surface area contributed by atoms with Gasteiger partial charge in [0.15, 0.2) is 11.6 Å². The van der Waals surface area contributed by atoms with E-state index < -0.39 is 0 Å². The lowest BCUT2D eigenvalue weighted by molar-refractivity contribution is 0.665. The van der Waals surface area contributed by atoms with Crippen LogP contribution in [-0.2, 0) is 12.8 Å². The maximum atomic E-state index is 4.86. The van der Waals surface area contributed by atoms with Crippen molar-refractivity contribution in [3.63, 3.8) is 0 Å². The van der Waals surface area contributed by atoms with Crippen LogP contribution in [0.25, 0.3) is 22.3 Å². The fraction of sp³-hybridized carbons (Fsp3) is 0.190. The highest BCUT2D eigenvalue weighted by atomic mass is 15.2. The summed E-state index contributed by atoms with van der Waals surface area (Å²) in [5, 5.41) is 12.1. The zero-order valence-electron chi connectivity index (χ0n) is 14.4.